The smallest absolute Gasteiger partial charge is 0.0568 e. The van der Waals surface area contributed by atoms with Gasteiger partial charge >= 0.3 is 0 Å². The van der Waals surface area contributed by atoms with E-state index in [2.05, 4.69) is 20.8 Å². The minimum absolute atomic E-state index is 0.0262. The molecule has 0 aromatic rings. The zero-order chi connectivity index (χ0) is 11.3. The van der Waals surface area contributed by atoms with E-state index >= 15 is 0 Å². The van der Waals surface area contributed by atoms with Gasteiger partial charge in [-0.05, 0) is 43.4 Å². The number of hydrogen-bond acceptors (Lipinski definition) is 1. The van der Waals surface area contributed by atoms with Gasteiger partial charge in [-0.25, -0.2) is 0 Å². The van der Waals surface area contributed by atoms with Gasteiger partial charge in [0.25, 0.3) is 0 Å². The summed E-state index contributed by atoms with van der Waals surface area (Å²) in [4.78, 5) is 0. The van der Waals surface area contributed by atoms with Crippen molar-refractivity contribution in [3.05, 3.63) is 0 Å². The van der Waals surface area contributed by atoms with E-state index in [0.717, 1.165) is 18.3 Å². The van der Waals surface area contributed by atoms with Crippen LogP contribution in [0.4, 0.5) is 0 Å². The van der Waals surface area contributed by atoms with Gasteiger partial charge in [0, 0.05) is 0 Å². The third-order valence-corrected chi connectivity index (χ3v) is 3.86. The van der Waals surface area contributed by atoms with E-state index in [1.54, 1.807) is 0 Å². The van der Waals surface area contributed by atoms with Gasteiger partial charge in [-0.2, -0.15) is 0 Å². The Morgan fingerprint density at radius 2 is 1.67 bits per heavy atom. The number of hydrogen-bond donors (Lipinski definition) is 1. The van der Waals surface area contributed by atoms with Gasteiger partial charge in [-0.15, -0.1) is 0 Å². The van der Waals surface area contributed by atoms with Crippen LogP contribution in [0.3, 0.4) is 0 Å². The molecular weight excluding hydrogens is 184 g/mol. The molecule has 0 aliphatic heterocycles. The lowest BCUT2D eigenvalue weighted by Crippen LogP contribution is -2.29. The molecule has 90 valence electrons. The van der Waals surface area contributed by atoms with Crippen LogP contribution < -0.4 is 0 Å². The van der Waals surface area contributed by atoms with E-state index in [1.807, 2.05) is 0 Å². The first-order valence-electron chi connectivity index (χ1n) is 6.81. The summed E-state index contributed by atoms with van der Waals surface area (Å²) >= 11 is 0. The van der Waals surface area contributed by atoms with Crippen molar-refractivity contribution in [3.8, 4) is 0 Å². The molecule has 1 nitrogen and oxygen atoms in total. The highest BCUT2D eigenvalue weighted by atomic mass is 16.3. The van der Waals surface area contributed by atoms with Gasteiger partial charge in [-0.3, -0.25) is 0 Å². The van der Waals surface area contributed by atoms with Crippen molar-refractivity contribution in [1.82, 2.24) is 0 Å². The van der Waals surface area contributed by atoms with Gasteiger partial charge in [0.2, 0.25) is 0 Å². The van der Waals surface area contributed by atoms with Crippen molar-refractivity contribution in [2.24, 2.45) is 17.8 Å². The first-order chi connectivity index (χ1) is 7.13. The van der Waals surface area contributed by atoms with Crippen molar-refractivity contribution in [1.29, 1.82) is 0 Å². The highest BCUT2D eigenvalue weighted by Gasteiger charge is 2.28. The predicted octanol–water partition coefficient (Wildman–Crippen LogP) is 4.00. The maximum absolute atomic E-state index is 10.1. The Hall–Kier alpha value is -0.0400. The number of aliphatic hydroxyl groups is 1. The molecule has 1 saturated carbocycles. The molecule has 15 heavy (non-hydrogen) atoms. The third kappa shape index (κ3) is 4.55. The summed E-state index contributed by atoms with van der Waals surface area (Å²) in [7, 11) is 0. The Balaban J connectivity index is 2.28. The van der Waals surface area contributed by atoms with E-state index in [-0.39, 0.29) is 6.10 Å². The van der Waals surface area contributed by atoms with Crippen LogP contribution in [0.15, 0.2) is 0 Å². The maximum atomic E-state index is 10.1. The molecule has 1 rings (SSSR count). The monoisotopic (exact) mass is 212 g/mol. The van der Waals surface area contributed by atoms with E-state index < -0.39 is 0 Å². The molecule has 3 unspecified atom stereocenters. The lowest BCUT2D eigenvalue weighted by Gasteiger charge is -2.34. The van der Waals surface area contributed by atoms with E-state index in [9.17, 15) is 5.11 Å². The van der Waals surface area contributed by atoms with Crippen molar-refractivity contribution in [3.63, 3.8) is 0 Å². The molecule has 3 atom stereocenters. The SMILES string of the molecule is CCCCCC(O)C1CC(C)CC(C)C1. The summed E-state index contributed by atoms with van der Waals surface area (Å²) in [6, 6.07) is 0. The van der Waals surface area contributed by atoms with Gasteiger partial charge in [0.1, 0.15) is 0 Å². The Morgan fingerprint density at radius 1 is 1.07 bits per heavy atom. The second kappa shape index (κ2) is 6.52. The molecule has 0 radical (unpaired) electrons. The van der Waals surface area contributed by atoms with Crippen LogP contribution in [-0.4, -0.2) is 11.2 Å². The van der Waals surface area contributed by atoms with Crippen molar-refractivity contribution in [2.75, 3.05) is 0 Å². The summed E-state index contributed by atoms with van der Waals surface area (Å²) in [6.45, 7) is 6.89. The standard InChI is InChI=1S/C14H28O/c1-4-5-6-7-14(15)13-9-11(2)8-12(3)10-13/h11-15H,4-10H2,1-3H3. The number of aliphatic hydroxyl groups excluding tert-OH is 1. The molecule has 1 aliphatic rings. The molecule has 1 aliphatic carbocycles. The minimum Gasteiger partial charge on any atom is -0.393 e. The molecule has 0 aromatic heterocycles. The van der Waals surface area contributed by atoms with Crippen molar-refractivity contribution in [2.45, 2.75) is 71.8 Å². The lowest BCUT2D eigenvalue weighted by molar-refractivity contribution is 0.0480. The third-order valence-electron chi connectivity index (χ3n) is 3.86. The first-order valence-corrected chi connectivity index (χ1v) is 6.81. The van der Waals surface area contributed by atoms with Crippen LogP contribution in [0.1, 0.15) is 65.7 Å². The first kappa shape index (κ1) is 13.0. The van der Waals surface area contributed by atoms with Crippen LogP contribution in [0, 0.1) is 17.8 Å². The minimum atomic E-state index is -0.0262. The second-order valence-corrected chi connectivity index (χ2v) is 5.74. The Kier molecular flexibility index (Phi) is 5.66. The van der Waals surface area contributed by atoms with Crippen LogP contribution in [0.25, 0.3) is 0 Å². The lowest BCUT2D eigenvalue weighted by atomic mass is 9.74. The van der Waals surface area contributed by atoms with Crippen LogP contribution in [-0.2, 0) is 0 Å². The van der Waals surface area contributed by atoms with E-state index in [0.29, 0.717) is 5.92 Å². The molecule has 1 N–H and O–H groups in total. The number of rotatable bonds is 5. The molecule has 0 saturated heterocycles. The zero-order valence-electron chi connectivity index (χ0n) is 10.7. The summed E-state index contributed by atoms with van der Waals surface area (Å²) in [5.74, 6) is 2.22. The molecule has 0 spiro atoms. The normalized spacial score (nSPS) is 34.0. The summed E-state index contributed by atoms with van der Waals surface area (Å²) in [6.07, 6.45) is 8.59. The van der Waals surface area contributed by atoms with Crippen LogP contribution in [0.5, 0.6) is 0 Å². The van der Waals surface area contributed by atoms with Gasteiger partial charge in [0.05, 0.1) is 6.10 Å². The molecule has 0 aromatic carbocycles. The summed E-state index contributed by atoms with van der Waals surface area (Å²) < 4.78 is 0. The average Bonchev–Trinajstić information content (AvgIpc) is 2.16. The predicted molar refractivity (Wildman–Crippen MR) is 65.8 cm³/mol. The van der Waals surface area contributed by atoms with Crippen molar-refractivity contribution < 1.29 is 5.11 Å². The fourth-order valence-corrected chi connectivity index (χ4v) is 3.16. The molecule has 0 heterocycles. The van der Waals surface area contributed by atoms with Gasteiger partial charge < -0.3 is 5.11 Å². The maximum Gasteiger partial charge on any atom is 0.0568 e. The van der Waals surface area contributed by atoms with E-state index in [4.69, 9.17) is 0 Å². The molecule has 1 fully saturated rings. The quantitative estimate of drug-likeness (QED) is 0.683. The summed E-state index contributed by atoms with van der Waals surface area (Å²) in [5, 5.41) is 10.1. The fourth-order valence-electron chi connectivity index (χ4n) is 3.16. The second-order valence-electron chi connectivity index (χ2n) is 5.74. The van der Waals surface area contributed by atoms with Crippen molar-refractivity contribution >= 4 is 0 Å². The highest BCUT2D eigenvalue weighted by Crippen LogP contribution is 2.35. The Bertz CT molecular complexity index is 157. The van der Waals surface area contributed by atoms with Crippen LogP contribution in [0.2, 0.25) is 0 Å². The van der Waals surface area contributed by atoms with E-state index in [1.165, 1.54) is 38.5 Å². The molecular formula is C14H28O. The molecule has 0 amide bonds. The van der Waals surface area contributed by atoms with Gasteiger partial charge in [0.15, 0.2) is 0 Å². The zero-order valence-corrected chi connectivity index (χ0v) is 10.7. The number of unbranched alkanes of at least 4 members (excludes halogenated alkanes) is 2. The Labute approximate surface area is 95.3 Å². The fraction of sp³-hybridized carbons (Fsp3) is 1.00. The van der Waals surface area contributed by atoms with Gasteiger partial charge in [-0.1, -0.05) is 40.0 Å². The topological polar surface area (TPSA) is 20.2 Å². The van der Waals surface area contributed by atoms with Crippen LogP contribution >= 0.6 is 0 Å². The molecule has 1 heteroatoms. The molecule has 0 bridgehead atoms. The largest absolute Gasteiger partial charge is 0.393 e. The highest BCUT2D eigenvalue weighted by molar-refractivity contribution is 4.79. The Morgan fingerprint density at radius 3 is 2.20 bits per heavy atom. The summed E-state index contributed by atoms with van der Waals surface area (Å²) in [5.41, 5.74) is 0. The average molecular weight is 212 g/mol.